The Morgan fingerprint density at radius 2 is 1.81 bits per heavy atom. The molecule has 0 aliphatic carbocycles. The molecule has 5 nitrogen and oxygen atoms in total. The van der Waals surface area contributed by atoms with Crippen molar-refractivity contribution in [2.24, 2.45) is 0 Å². The number of carbonyl (C=O) groups excluding carboxylic acids is 1. The van der Waals surface area contributed by atoms with Crippen molar-refractivity contribution in [3.8, 4) is 5.75 Å². The average Bonchev–Trinajstić information content (AvgIpc) is 2.53. The van der Waals surface area contributed by atoms with Gasteiger partial charge in [0, 0.05) is 37.9 Å². The first kappa shape index (κ1) is 15.6. The van der Waals surface area contributed by atoms with Gasteiger partial charge in [-0.15, -0.1) is 0 Å². The molecule has 1 saturated heterocycles. The van der Waals surface area contributed by atoms with Crippen molar-refractivity contribution in [3.05, 3.63) is 24.3 Å². The molecule has 2 rings (SSSR count). The highest BCUT2D eigenvalue weighted by Gasteiger charge is 2.21. The summed E-state index contributed by atoms with van der Waals surface area (Å²) in [5.41, 5.74) is 1.18. The highest BCUT2D eigenvalue weighted by atomic mass is 16.5. The van der Waals surface area contributed by atoms with Crippen LogP contribution in [-0.2, 0) is 4.79 Å². The number of hydrogen-bond acceptors (Lipinski definition) is 4. The standard InChI is InChI=1S/C16H25N3O2/c1-13(2)17-12-16(20)19-10-8-18(9-11-19)14-4-6-15(21-3)7-5-14/h4-7,13,17H,8-12H2,1-3H3. The normalized spacial score (nSPS) is 15.4. The van der Waals surface area contributed by atoms with Crippen LogP contribution >= 0.6 is 0 Å². The summed E-state index contributed by atoms with van der Waals surface area (Å²) in [6, 6.07) is 8.42. The van der Waals surface area contributed by atoms with Gasteiger partial charge in [-0.2, -0.15) is 0 Å². The van der Waals surface area contributed by atoms with E-state index in [9.17, 15) is 4.79 Å². The molecular formula is C16H25N3O2. The number of hydrogen-bond donors (Lipinski definition) is 1. The number of ether oxygens (including phenoxy) is 1. The number of nitrogens with zero attached hydrogens (tertiary/aromatic N) is 2. The molecule has 0 atom stereocenters. The number of nitrogens with one attached hydrogen (secondary N) is 1. The minimum atomic E-state index is 0.193. The van der Waals surface area contributed by atoms with Crippen molar-refractivity contribution in [2.45, 2.75) is 19.9 Å². The van der Waals surface area contributed by atoms with Crippen LogP contribution in [0.15, 0.2) is 24.3 Å². The molecule has 0 unspecified atom stereocenters. The topological polar surface area (TPSA) is 44.8 Å². The first-order valence-corrected chi connectivity index (χ1v) is 7.50. The molecule has 1 aromatic rings. The summed E-state index contributed by atoms with van der Waals surface area (Å²) in [6.45, 7) is 7.85. The third kappa shape index (κ3) is 4.36. The zero-order valence-corrected chi connectivity index (χ0v) is 13.1. The van der Waals surface area contributed by atoms with Gasteiger partial charge >= 0.3 is 0 Å². The second-order valence-corrected chi connectivity index (χ2v) is 5.60. The maximum Gasteiger partial charge on any atom is 0.236 e. The highest BCUT2D eigenvalue weighted by molar-refractivity contribution is 5.78. The molecule has 1 fully saturated rings. The molecule has 0 bridgehead atoms. The van der Waals surface area contributed by atoms with E-state index in [1.165, 1.54) is 5.69 Å². The molecule has 1 aliphatic heterocycles. The van der Waals surface area contributed by atoms with E-state index in [1.54, 1.807) is 7.11 Å². The van der Waals surface area contributed by atoms with Crippen molar-refractivity contribution in [1.29, 1.82) is 0 Å². The first-order valence-electron chi connectivity index (χ1n) is 7.50. The van der Waals surface area contributed by atoms with Crippen LogP contribution in [0.25, 0.3) is 0 Å². The van der Waals surface area contributed by atoms with Gasteiger partial charge in [0.1, 0.15) is 5.75 Å². The Kier molecular flexibility index (Phi) is 5.44. The Morgan fingerprint density at radius 1 is 1.19 bits per heavy atom. The van der Waals surface area contributed by atoms with E-state index in [0.29, 0.717) is 12.6 Å². The van der Waals surface area contributed by atoms with Gasteiger partial charge in [0.05, 0.1) is 13.7 Å². The molecule has 1 aromatic carbocycles. The van der Waals surface area contributed by atoms with Gasteiger partial charge in [-0.25, -0.2) is 0 Å². The van der Waals surface area contributed by atoms with Gasteiger partial charge in [0.2, 0.25) is 5.91 Å². The zero-order chi connectivity index (χ0) is 15.2. The molecule has 5 heteroatoms. The number of benzene rings is 1. The summed E-state index contributed by atoms with van der Waals surface area (Å²) in [6.07, 6.45) is 0. The third-order valence-electron chi connectivity index (χ3n) is 3.73. The van der Waals surface area contributed by atoms with E-state index < -0.39 is 0 Å². The SMILES string of the molecule is COc1ccc(N2CCN(C(=O)CNC(C)C)CC2)cc1. The Balaban J connectivity index is 1.83. The molecule has 0 radical (unpaired) electrons. The Morgan fingerprint density at radius 3 is 2.33 bits per heavy atom. The summed E-state index contributed by atoms with van der Waals surface area (Å²) in [5.74, 6) is 1.06. The largest absolute Gasteiger partial charge is 0.497 e. The highest BCUT2D eigenvalue weighted by Crippen LogP contribution is 2.20. The van der Waals surface area contributed by atoms with Gasteiger partial charge in [0.15, 0.2) is 0 Å². The molecular weight excluding hydrogens is 266 g/mol. The van der Waals surface area contributed by atoms with Gasteiger partial charge in [0.25, 0.3) is 0 Å². The van der Waals surface area contributed by atoms with Gasteiger partial charge < -0.3 is 19.9 Å². The molecule has 1 amide bonds. The third-order valence-corrected chi connectivity index (χ3v) is 3.73. The van der Waals surface area contributed by atoms with Crippen molar-refractivity contribution in [3.63, 3.8) is 0 Å². The van der Waals surface area contributed by atoms with Gasteiger partial charge in [-0.05, 0) is 24.3 Å². The fourth-order valence-corrected chi connectivity index (χ4v) is 2.41. The van der Waals surface area contributed by atoms with Crippen molar-refractivity contribution in [2.75, 3.05) is 44.7 Å². The van der Waals surface area contributed by atoms with Gasteiger partial charge in [-0.3, -0.25) is 4.79 Å². The maximum atomic E-state index is 12.1. The lowest BCUT2D eigenvalue weighted by molar-refractivity contribution is -0.130. The minimum Gasteiger partial charge on any atom is -0.497 e. The maximum absolute atomic E-state index is 12.1. The number of piperazine rings is 1. The Hall–Kier alpha value is -1.75. The number of rotatable bonds is 5. The Labute approximate surface area is 126 Å². The molecule has 1 aliphatic rings. The summed E-state index contributed by atoms with van der Waals surface area (Å²) >= 11 is 0. The number of anilines is 1. The smallest absolute Gasteiger partial charge is 0.236 e. The van der Waals surface area contributed by atoms with E-state index in [-0.39, 0.29) is 5.91 Å². The fraction of sp³-hybridized carbons (Fsp3) is 0.562. The lowest BCUT2D eigenvalue weighted by atomic mass is 10.2. The van der Waals surface area contributed by atoms with E-state index in [0.717, 1.165) is 31.9 Å². The summed E-state index contributed by atoms with van der Waals surface area (Å²) in [4.78, 5) is 16.3. The molecule has 0 saturated carbocycles. The second kappa shape index (κ2) is 7.31. The summed E-state index contributed by atoms with van der Waals surface area (Å²) in [5, 5.41) is 3.18. The number of carbonyl (C=O) groups is 1. The van der Waals surface area contributed by atoms with Crippen LogP contribution in [0.3, 0.4) is 0 Å². The summed E-state index contributed by atoms with van der Waals surface area (Å²) in [7, 11) is 1.67. The predicted octanol–water partition coefficient (Wildman–Crippen LogP) is 1.34. The van der Waals surface area contributed by atoms with Crippen LogP contribution in [0.5, 0.6) is 5.75 Å². The molecule has 21 heavy (non-hydrogen) atoms. The number of methoxy groups -OCH3 is 1. The van der Waals surface area contributed by atoms with Crippen LogP contribution in [-0.4, -0.2) is 56.7 Å². The Bertz CT molecular complexity index is 451. The lowest BCUT2D eigenvalue weighted by Gasteiger charge is -2.36. The zero-order valence-electron chi connectivity index (χ0n) is 13.1. The van der Waals surface area contributed by atoms with Crippen LogP contribution < -0.4 is 15.0 Å². The van der Waals surface area contributed by atoms with Crippen molar-refractivity contribution < 1.29 is 9.53 Å². The van der Waals surface area contributed by atoms with Crippen LogP contribution in [0.4, 0.5) is 5.69 Å². The molecule has 0 spiro atoms. The quantitative estimate of drug-likeness (QED) is 0.889. The van der Waals surface area contributed by atoms with Crippen LogP contribution in [0.2, 0.25) is 0 Å². The molecule has 1 heterocycles. The first-order chi connectivity index (χ1) is 10.1. The van der Waals surface area contributed by atoms with Gasteiger partial charge in [-0.1, -0.05) is 13.8 Å². The van der Waals surface area contributed by atoms with E-state index in [4.69, 9.17) is 4.74 Å². The summed E-state index contributed by atoms with van der Waals surface area (Å²) < 4.78 is 5.17. The lowest BCUT2D eigenvalue weighted by Crippen LogP contribution is -2.51. The molecule has 1 N–H and O–H groups in total. The van der Waals surface area contributed by atoms with Crippen LogP contribution in [0, 0.1) is 0 Å². The molecule has 116 valence electrons. The second-order valence-electron chi connectivity index (χ2n) is 5.60. The molecule has 0 aromatic heterocycles. The minimum absolute atomic E-state index is 0.193. The monoisotopic (exact) mass is 291 g/mol. The van der Waals surface area contributed by atoms with Crippen molar-refractivity contribution in [1.82, 2.24) is 10.2 Å². The van der Waals surface area contributed by atoms with Crippen LogP contribution in [0.1, 0.15) is 13.8 Å². The fourth-order valence-electron chi connectivity index (χ4n) is 2.41. The number of amides is 1. The van der Waals surface area contributed by atoms with E-state index in [2.05, 4.69) is 36.2 Å². The van der Waals surface area contributed by atoms with E-state index >= 15 is 0 Å². The predicted molar refractivity (Wildman–Crippen MR) is 84.9 cm³/mol. The van der Waals surface area contributed by atoms with Crippen molar-refractivity contribution >= 4 is 11.6 Å². The average molecular weight is 291 g/mol. The van der Waals surface area contributed by atoms with E-state index in [1.807, 2.05) is 17.0 Å².